The fourth-order valence-electron chi connectivity index (χ4n) is 2.66. The van der Waals surface area contributed by atoms with Crippen molar-refractivity contribution in [2.45, 2.75) is 32.1 Å². The van der Waals surface area contributed by atoms with Crippen LogP contribution in [0.1, 0.15) is 34.9 Å². The maximum Gasteiger partial charge on any atom is 0.124 e. The molecule has 2 aromatic rings. The van der Waals surface area contributed by atoms with Crippen molar-refractivity contribution in [3.05, 3.63) is 40.4 Å². The largest absolute Gasteiger partial charge is 0.330 e. The average molecular weight is 258 g/mol. The molecule has 1 aliphatic rings. The molecule has 94 valence electrons. The predicted octanol–water partition coefficient (Wildman–Crippen LogP) is 3.50. The molecule has 3 heteroatoms. The molecule has 1 heterocycles. The fourth-order valence-corrected chi connectivity index (χ4v) is 3.94. The summed E-state index contributed by atoms with van der Waals surface area (Å²) in [5.74, 6) is 0.475. The van der Waals surface area contributed by atoms with Gasteiger partial charge in [-0.2, -0.15) is 0 Å². The van der Waals surface area contributed by atoms with Crippen LogP contribution >= 0.6 is 11.3 Å². The molecule has 0 saturated carbocycles. The van der Waals surface area contributed by atoms with E-state index in [9.17, 15) is 0 Å². The fraction of sp³-hybridized carbons (Fsp3) is 0.400. The summed E-state index contributed by atoms with van der Waals surface area (Å²) in [6, 6.07) is 8.48. The average Bonchev–Trinajstić information content (AvgIpc) is 2.82. The molecule has 1 aliphatic carbocycles. The molecule has 1 atom stereocenters. The van der Waals surface area contributed by atoms with Crippen molar-refractivity contribution in [1.29, 1.82) is 0 Å². The van der Waals surface area contributed by atoms with E-state index in [1.165, 1.54) is 46.0 Å². The second-order valence-corrected chi connectivity index (χ2v) is 6.05. The van der Waals surface area contributed by atoms with Crippen molar-refractivity contribution >= 4 is 11.3 Å². The molecule has 1 aromatic heterocycles. The summed E-state index contributed by atoms with van der Waals surface area (Å²) >= 11 is 1.86. The molecule has 18 heavy (non-hydrogen) atoms. The quantitative estimate of drug-likeness (QED) is 0.895. The minimum atomic E-state index is 0.475. The highest BCUT2D eigenvalue weighted by atomic mass is 32.1. The SMILES string of the molecule is Cc1ccccc1-c1nc2c(s1)CCCC2CN. The number of hydrogen-bond donors (Lipinski definition) is 1. The summed E-state index contributed by atoms with van der Waals surface area (Å²) < 4.78 is 0. The van der Waals surface area contributed by atoms with Crippen LogP contribution in [0.4, 0.5) is 0 Å². The van der Waals surface area contributed by atoms with Gasteiger partial charge in [0, 0.05) is 22.9 Å². The molecular weight excluding hydrogens is 240 g/mol. The van der Waals surface area contributed by atoms with Gasteiger partial charge in [-0.3, -0.25) is 0 Å². The van der Waals surface area contributed by atoms with E-state index in [1.54, 1.807) is 0 Å². The molecule has 0 bridgehead atoms. The molecule has 1 unspecified atom stereocenters. The molecular formula is C15H18N2S. The van der Waals surface area contributed by atoms with Crippen molar-refractivity contribution in [2.75, 3.05) is 6.54 Å². The molecule has 0 spiro atoms. The van der Waals surface area contributed by atoms with Crippen molar-refractivity contribution in [3.8, 4) is 10.6 Å². The predicted molar refractivity (Wildman–Crippen MR) is 77.0 cm³/mol. The van der Waals surface area contributed by atoms with Crippen LogP contribution in [-0.2, 0) is 6.42 Å². The summed E-state index contributed by atoms with van der Waals surface area (Å²) in [4.78, 5) is 6.33. The molecule has 2 N–H and O–H groups in total. The number of thiazole rings is 1. The lowest BCUT2D eigenvalue weighted by atomic mass is 9.91. The van der Waals surface area contributed by atoms with Gasteiger partial charge in [0.15, 0.2) is 0 Å². The lowest BCUT2D eigenvalue weighted by Crippen LogP contribution is -2.17. The van der Waals surface area contributed by atoms with Crippen LogP contribution in [0.2, 0.25) is 0 Å². The number of aromatic nitrogens is 1. The monoisotopic (exact) mass is 258 g/mol. The third-order valence-corrected chi connectivity index (χ3v) is 4.89. The van der Waals surface area contributed by atoms with Gasteiger partial charge in [0.2, 0.25) is 0 Å². The van der Waals surface area contributed by atoms with Crippen LogP contribution in [0.25, 0.3) is 10.6 Å². The summed E-state index contributed by atoms with van der Waals surface area (Å²) in [5, 5.41) is 1.17. The van der Waals surface area contributed by atoms with E-state index < -0.39 is 0 Å². The first-order valence-corrected chi connectivity index (χ1v) is 7.37. The Balaban J connectivity index is 2.05. The first-order chi connectivity index (χ1) is 8.79. The van der Waals surface area contributed by atoms with E-state index in [0.717, 1.165) is 6.54 Å². The number of fused-ring (bicyclic) bond motifs is 1. The van der Waals surface area contributed by atoms with Crippen LogP contribution in [-0.4, -0.2) is 11.5 Å². The molecule has 0 amide bonds. The van der Waals surface area contributed by atoms with Gasteiger partial charge in [-0.25, -0.2) is 4.98 Å². The standard InChI is InChI=1S/C15H18N2S/c1-10-5-2-3-7-12(10)15-17-14-11(9-16)6-4-8-13(14)18-15/h2-3,5,7,11H,4,6,8-9,16H2,1H3. The van der Waals surface area contributed by atoms with E-state index in [1.807, 2.05) is 11.3 Å². The Morgan fingerprint density at radius 3 is 3.00 bits per heavy atom. The van der Waals surface area contributed by atoms with Gasteiger partial charge in [0.1, 0.15) is 5.01 Å². The zero-order chi connectivity index (χ0) is 12.5. The van der Waals surface area contributed by atoms with Crippen molar-refractivity contribution in [2.24, 2.45) is 5.73 Å². The van der Waals surface area contributed by atoms with Gasteiger partial charge < -0.3 is 5.73 Å². The summed E-state index contributed by atoms with van der Waals surface area (Å²) in [6.45, 7) is 2.88. The van der Waals surface area contributed by atoms with E-state index in [-0.39, 0.29) is 0 Å². The topological polar surface area (TPSA) is 38.9 Å². The van der Waals surface area contributed by atoms with Gasteiger partial charge in [0.25, 0.3) is 0 Å². The van der Waals surface area contributed by atoms with Gasteiger partial charge >= 0.3 is 0 Å². The zero-order valence-corrected chi connectivity index (χ0v) is 11.5. The van der Waals surface area contributed by atoms with Crippen molar-refractivity contribution in [3.63, 3.8) is 0 Å². The molecule has 1 aromatic carbocycles. The minimum absolute atomic E-state index is 0.475. The van der Waals surface area contributed by atoms with Crippen molar-refractivity contribution in [1.82, 2.24) is 4.98 Å². The van der Waals surface area contributed by atoms with E-state index in [4.69, 9.17) is 10.7 Å². The van der Waals surface area contributed by atoms with E-state index >= 15 is 0 Å². The Labute approximate surface area is 112 Å². The Kier molecular flexibility index (Phi) is 3.18. The zero-order valence-electron chi connectivity index (χ0n) is 10.6. The summed E-state index contributed by atoms with van der Waals surface area (Å²) in [7, 11) is 0. The Morgan fingerprint density at radius 2 is 2.22 bits per heavy atom. The van der Waals surface area contributed by atoms with Crippen LogP contribution in [0.3, 0.4) is 0 Å². The maximum atomic E-state index is 5.86. The summed E-state index contributed by atoms with van der Waals surface area (Å²) in [5.41, 5.74) is 9.70. The third-order valence-electron chi connectivity index (χ3n) is 3.73. The lowest BCUT2D eigenvalue weighted by Gasteiger charge is -2.18. The highest BCUT2D eigenvalue weighted by Crippen LogP contribution is 2.38. The van der Waals surface area contributed by atoms with Crippen LogP contribution in [0.5, 0.6) is 0 Å². The van der Waals surface area contributed by atoms with E-state index in [2.05, 4.69) is 31.2 Å². The number of nitrogens with zero attached hydrogens (tertiary/aromatic N) is 1. The number of rotatable bonds is 2. The van der Waals surface area contributed by atoms with Gasteiger partial charge in [0.05, 0.1) is 5.69 Å². The van der Waals surface area contributed by atoms with Crippen LogP contribution in [0.15, 0.2) is 24.3 Å². The molecule has 0 fully saturated rings. The molecule has 0 radical (unpaired) electrons. The normalized spacial score (nSPS) is 18.7. The lowest BCUT2D eigenvalue weighted by molar-refractivity contribution is 0.554. The summed E-state index contributed by atoms with van der Waals surface area (Å²) in [6.07, 6.45) is 3.63. The molecule has 0 saturated heterocycles. The number of hydrogen-bond acceptors (Lipinski definition) is 3. The smallest absolute Gasteiger partial charge is 0.124 e. The number of aryl methyl sites for hydroxylation is 2. The minimum Gasteiger partial charge on any atom is -0.330 e. The molecule has 0 aliphatic heterocycles. The van der Waals surface area contributed by atoms with Crippen LogP contribution < -0.4 is 5.73 Å². The molecule has 2 nitrogen and oxygen atoms in total. The van der Waals surface area contributed by atoms with Crippen LogP contribution in [0, 0.1) is 6.92 Å². The highest BCUT2D eigenvalue weighted by molar-refractivity contribution is 7.15. The van der Waals surface area contributed by atoms with Gasteiger partial charge in [-0.05, 0) is 31.7 Å². The Bertz CT molecular complexity index is 559. The second kappa shape index (κ2) is 4.82. The number of nitrogens with two attached hydrogens (primary N) is 1. The van der Waals surface area contributed by atoms with Gasteiger partial charge in [-0.15, -0.1) is 11.3 Å². The first-order valence-electron chi connectivity index (χ1n) is 6.55. The van der Waals surface area contributed by atoms with Crippen molar-refractivity contribution < 1.29 is 0 Å². The first kappa shape index (κ1) is 11.9. The molecule has 3 rings (SSSR count). The second-order valence-electron chi connectivity index (χ2n) is 4.97. The Hall–Kier alpha value is -1.19. The van der Waals surface area contributed by atoms with Gasteiger partial charge in [-0.1, -0.05) is 24.3 Å². The van der Waals surface area contributed by atoms with E-state index in [0.29, 0.717) is 5.92 Å². The Morgan fingerprint density at radius 1 is 1.39 bits per heavy atom. The third kappa shape index (κ3) is 1.98. The number of benzene rings is 1. The maximum absolute atomic E-state index is 5.86. The highest BCUT2D eigenvalue weighted by Gasteiger charge is 2.24.